The van der Waals surface area contributed by atoms with E-state index < -0.39 is 0 Å². The lowest BCUT2D eigenvalue weighted by atomic mass is 10.2. The van der Waals surface area contributed by atoms with Crippen molar-refractivity contribution in [2.75, 3.05) is 7.05 Å². The van der Waals surface area contributed by atoms with E-state index in [1.54, 1.807) is 55.6 Å². The number of nitrogens with zero attached hydrogens (tertiary/aromatic N) is 2. The van der Waals surface area contributed by atoms with Gasteiger partial charge in [-0.25, -0.2) is 5.01 Å². The average Bonchev–Trinajstić information content (AvgIpc) is 2.46. The maximum atomic E-state index is 12.0. The second kappa shape index (κ2) is 5.82. The average molecular weight is 254 g/mol. The van der Waals surface area contributed by atoms with Crippen molar-refractivity contribution in [1.82, 2.24) is 5.01 Å². The summed E-state index contributed by atoms with van der Waals surface area (Å²) in [7, 11) is 1.58. The van der Waals surface area contributed by atoms with Crippen LogP contribution in [0.1, 0.15) is 15.9 Å². The molecule has 0 saturated carbocycles. The summed E-state index contributed by atoms with van der Waals surface area (Å²) in [5.74, 6) is -0.0703. The maximum Gasteiger partial charge on any atom is 0.273 e. The van der Waals surface area contributed by atoms with Crippen molar-refractivity contribution >= 4 is 12.1 Å². The van der Waals surface area contributed by atoms with Gasteiger partial charge in [0.1, 0.15) is 5.75 Å². The molecule has 2 aromatic rings. The van der Waals surface area contributed by atoms with Crippen LogP contribution >= 0.6 is 0 Å². The molecule has 0 radical (unpaired) electrons. The predicted molar refractivity (Wildman–Crippen MR) is 74.2 cm³/mol. The van der Waals surface area contributed by atoms with Gasteiger partial charge in [-0.2, -0.15) is 5.10 Å². The summed E-state index contributed by atoms with van der Waals surface area (Å²) in [6.07, 6.45) is 1.45. The molecule has 0 aliphatic heterocycles. The van der Waals surface area contributed by atoms with Crippen molar-refractivity contribution in [2.45, 2.75) is 0 Å². The summed E-state index contributed by atoms with van der Waals surface area (Å²) < 4.78 is 0. The second-order valence-electron chi connectivity index (χ2n) is 4.00. The molecular weight excluding hydrogens is 240 g/mol. The SMILES string of the molecule is CN(N=Cc1ccccc1O)C(=O)c1ccccc1. The Kier molecular flexibility index (Phi) is 3.93. The van der Waals surface area contributed by atoms with Crippen LogP contribution in [0.4, 0.5) is 0 Å². The second-order valence-corrected chi connectivity index (χ2v) is 4.00. The van der Waals surface area contributed by atoms with Gasteiger partial charge in [-0.3, -0.25) is 4.79 Å². The number of para-hydroxylation sites is 1. The number of amides is 1. The Bertz CT molecular complexity index is 594. The molecule has 4 nitrogen and oxygen atoms in total. The molecule has 0 bridgehead atoms. The first-order chi connectivity index (χ1) is 9.18. The summed E-state index contributed by atoms with van der Waals surface area (Å²) in [6, 6.07) is 15.7. The highest BCUT2D eigenvalue weighted by atomic mass is 16.3. The van der Waals surface area contributed by atoms with Gasteiger partial charge in [0.25, 0.3) is 5.91 Å². The van der Waals surface area contributed by atoms with Gasteiger partial charge >= 0.3 is 0 Å². The van der Waals surface area contributed by atoms with Gasteiger partial charge in [0.2, 0.25) is 0 Å². The van der Waals surface area contributed by atoms with Crippen LogP contribution in [0.2, 0.25) is 0 Å². The summed E-state index contributed by atoms with van der Waals surface area (Å²) in [6.45, 7) is 0. The highest BCUT2D eigenvalue weighted by molar-refractivity contribution is 5.94. The highest BCUT2D eigenvalue weighted by Gasteiger charge is 2.09. The molecule has 2 aromatic carbocycles. The molecule has 0 heterocycles. The largest absolute Gasteiger partial charge is 0.507 e. The predicted octanol–water partition coefficient (Wildman–Crippen LogP) is 2.50. The number of aromatic hydroxyl groups is 1. The number of phenols is 1. The van der Waals surface area contributed by atoms with Crippen LogP contribution in [-0.2, 0) is 0 Å². The zero-order valence-electron chi connectivity index (χ0n) is 10.5. The first-order valence-electron chi connectivity index (χ1n) is 5.83. The number of carbonyl (C=O) groups excluding carboxylic acids is 1. The number of hydrogen-bond donors (Lipinski definition) is 1. The molecule has 19 heavy (non-hydrogen) atoms. The van der Waals surface area contributed by atoms with E-state index in [9.17, 15) is 9.90 Å². The number of carbonyl (C=O) groups is 1. The van der Waals surface area contributed by atoms with E-state index in [4.69, 9.17) is 0 Å². The molecule has 2 rings (SSSR count). The van der Waals surface area contributed by atoms with Crippen LogP contribution < -0.4 is 0 Å². The topological polar surface area (TPSA) is 52.9 Å². The van der Waals surface area contributed by atoms with E-state index >= 15 is 0 Å². The minimum atomic E-state index is -0.202. The Morgan fingerprint density at radius 2 is 1.74 bits per heavy atom. The molecule has 0 aliphatic carbocycles. The Labute approximate surface area is 111 Å². The van der Waals surface area contributed by atoms with Crippen LogP contribution in [0, 0.1) is 0 Å². The van der Waals surface area contributed by atoms with Crippen molar-refractivity contribution in [3.63, 3.8) is 0 Å². The number of hydrogen-bond acceptors (Lipinski definition) is 3. The van der Waals surface area contributed by atoms with Crippen molar-refractivity contribution in [3.05, 3.63) is 65.7 Å². The molecule has 1 amide bonds. The lowest BCUT2D eigenvalue weighted by molar-refractivity contribution is 0.0800. The molecule has 0 unspecified atom stereocenters. The van der Waals surface area contributed by atoms with Crippen LogP contribution in [0.3, 0.4) is 0 Å². The Morgan fingerprint density at radius 1 is 1.11 bits per heavy atom. The van der Waals surface area contributed by atoms with E-state index in [-0.39, 0.29) is 11.7 Å². The molecule has 0 fully saturated rings. The molecule has 0 spiro atoms. The van der Waals surface area contributed by atoms with Gasteiger partial charge in [0.05, 0.1) is 6.21 Å². The number of rotatable bonds is 3. The van der Waals surface area contributed by atoms with Crippen molar-refractivity contribution in [1.29, 1.82) is 0 Å². The van der Waals surface area contributed by atoms with Gasteiger partial charge in [-0.15, -0.1) is 0 Å². The lowest BCUT2D eigenvalue weighted by Gasteiger charge is -2.10. The lowest BCUT2D eigenvalue weighted by Crippen LogP contribution is -2.21. The first kappa shape index (κ1) is 12.8. The van der Waals surface area contributed by atoms with Gasteiger partial charge in [-0.1, -0.05) is 30.3 Å². The van der Waals surface area contributed by atoms with Gasteiger partial charge in [0.15, 0.2) is 0 Å². The van der Waals surface area contributed by atoms with E-state index in [0.717, 1.165) is 0 Å². The number of hydrazone groups is 1. The fourth-order valence-corrected chi connectivity index (χ4v) is 1.57. The fourth-order valence-electron chi connectivity index (χ4n) is 1.57. The van der Waals surface area contributed by atoms with Gasteiger partial charge in [0, 0.05) is 18.2 Å². The fraction of sp³-hybridized carbons (Fsp3) is 0.0667. The molecule has 96 valence electrons. The third-order valence-corrected chi connectivity index (χ3v) is 2.62. The summed E-state index contributed by atoms with van der Waals surface area (Å²) >= 11 is 0. The Balaban J connectivity index is 2.12. The minimum absolute atomic E-state index is 0.131. The third-order valence-electron chi connectivity index (χ3n) is 2.62. The van der Waals surface area contributed by atoms with E-state index in [1.165, 1.54) is 11.2 Å². The molecular formula is C15H14N2O2. The Hall–Kier alpha value is -2.62. The van der Waals surface area contributed by atoms with Gasteiger partial charge in [-0.05, 0) is 24.3 Å². The molecule has 1 N–H and O–H groups in total. The van der Waals surface area contributed by atoms with Crippen LogP contribution in [0.5, 0.6) is 5.75 Å². The van der Waals surface area contributed by atoms with E-state index in [2.05, 4.69) is 5.10 Å². The summed E-state index contributed by atoms with van der Waals surface area (Å²) in [5.41, 5.74) is 1.13. The van der Waals surface area contributed by atoms with Crippen molar-refractivity contribution in [2.24, 2.45) is 5.10 Å². The zero-order valence-corrected chi connectivity index (χ0v) is 10.5. The molecule has 4 heteroatoms. The minimum Gasteiger partial charge on any atom is -0.507 e. The highest BCUT2D eigenvalue weighted by Crippen LogP contribution is 2.13. The quantitative estimate of drug-likeness (QED) is 0.676. The zero-order chi connectivity index (χ0) is 13.7. The summed E-state index contributed by atoms with van der Waals surface area (Å²) in [4.78, 5) is 12.0. The third kappa shape index (κ3) is 3.19. The smallest absolute Gasteiger partial charge is 0.273 e. The first-order valence-corrected chi connectivity index (χ1v) is 5.83. The molecule has 0 saturated heterocycles. The number of benzene rings is 2. The van der Waals surface area contributed by atoms with E-state index in [1.807, 2.05) is 6.07 Å². The van der Waals surface area contributed by atoms with Crippen LogP contribution in [0.15, 0.2) is 59.7 Å². The summed E-state index contributed by atoms with van der Waals surface area (Å²) in [5, 5.41) is 14.9. The normalized spacial score (nSPS) is 10.6. The van der Waals surface area contributed by atoms with Crippen molar-refractivity contribution in [3.8, 4) is 5.75 Å². The monoisotopic (exact) mass is 254 g/mol. The molecule has 0 aliphatic rings. The number of phenolic OH excluding ortho intramolecular Hbond substituents is 1. The Morgan fingerprint density at radius 3 is 2.42 bits per heavy atom. The van der Waals surface area contributed by atoms with Crippen LogP contribution in [-0.4, -0.2) is 29.3 Å². The molecule has 0 aromatic heterocycles. The standard InChI is InChI=1S/C15H14N2O2/c1-17(15(19)12-7-3-2-4-8-12)16-11-13-9-5-6-10-14(13)18/h2-11,18H,1H3. The van der Waals surface area contributed by atoms with E-state index in [0.29, 0.717) is 11.1 Å². The maximum absolute atomic E-state index is 12.0. The van der Waals surface area contributed by atoms with Gasteiger partial charge < -0.3 is 5.11 Å². The molecule has 0 atom stereocenters. The van der Waals surface area contributed by atoms with Crippen molar-refractivity contribution < 1.29 is 9.90 Å². The van der Waals surface area contributed by atoms with Crippen LogP contribution in [0.25, 0.3) is 0 Å².